The van der Waals surface area contributed by atoms with Gasteiger partial charge >= 0.3 is 0 Å². The van der Waals surface area contributed by atoms with E-state index in [-0.39, 0.29) is 11.2 Å². The number of sulfonamides is 1. The van der Waals surface area contributed by atoms with Gasteiger partial charge in [0, 0.05) is 24.4 Å². The van der Waals surface area contributed by atoms with Crippen LogP contribution in [0.25, 0.3) is 5.69 Å². The molecule has 1 amide bonds. The summed E-state index contributed by atoms with van der Waals surface area (Å²) in [6.07, 6.45) is 3.63. The van der Waals surface area contributed by atoms with Gasteiger partial charge in [-0.3, -0.25) is 10.1 Å². The molecule has 1 N–H and O–H groups in total. The van der Waals surface area contributed by atoms with E-state index in [0.717, 1.165) is 34.8 Å². The van der Waals surface area contributed by atoms with Gasteiger partial charge in [-0.1, -0.05) is 18.2 Å². The Bertz CT molecular complexity index is 1210. The van der Waals surface area contributed by atoms with Crippen LogP contribution in [0, 0.1) is 6.92 Å². The summed E-state index contributed by atoms with van der Waals surface area (Å²) in [6, 6.07) is 9.62. The van der Waals surface area contributed by atoms with Crippen LogP contribution >= 0.6 is 11.3 Å². The predicted octanol–water partition coefficient (Wildman–Crippen LogP) is 2.74. The van der Waals surface area contributed by atoms with Gasteiger partial charge < -0.3 is 0 Å². The number of benzene rings is 1. The number of hydrogen-bond acceptors (Lipinski definition) is 6. The molecule has 0 atom stereocenters. The van der Waals surface area contributed by atoms with Crippen LogP contribution in [0.1, 0.15) is 39.5 Å². The third-order valence-corrected chi connectivity index (χ3v) is 8.82. The minimum absolute atomic E-state index is 0.213. The second kappa shape index (κ2) is 7.29. The predicted molar refractivity (Wildman–Crippen MR) is 114 cm³/mol. The first-order valence-electron chi connectivity index (χ1n) is 9.82. The summed E-state index contributed by atoms with van der Waals surface area (Å²) >= 11 is 1.34. The molecule has 0 bridgehead atoms. The highest BCUT2D eigenvalue weighted by molar-refractivity contribution is 7.90. The minimum Gasteiger partial charge on any atom is -0.298 e. The average Bonchev–Trinajstić information content (AvgIpc) is 3.42. The van der Waals surface area contributed by atoms with E-state index in [4.69, 9.17) is 0 Å². The van der Waals surface area contributed by atoms with Crippen molar-refractivity contribution in [3.8, 4) is 5.69 Å². The summed E-state index contributed by atoms with van der Waals surface area (Å²) in [5.41, 5.74) is 2.97. The second-order valence-electron chi connectivity index (χ2n) is 7.56. The Morgan fingerprint density at radius 1 is 1.23 bits per heavy atom. The first-order valence-corrected chi connectivity index (χ1v) is 12.1. The van der Waals surface area contributed by atoms with Crippen LogP contribution in [0.15, 0.2) is 36.5 Å². The Kier molecular flexibility index (Phi) is 4.72. The Balaban J connectivity index is 1.33. The Morgan fingerprint density at radius 2 is 2.00 bits per heavy atom. The maximum Gasteiger partial charge on any atom is 0.260 e. The molecule has 3 heterocycles. The zero-order valence-electron chi connectivity index (χ0n) is 16.4. The monoisotopic (exact) mass is 443 g/mol. The summed E-state index contributed by atoms with van der Waals surface area (Å²) in [7, 11) is -3.20. The number of carbonyl (C=O) groups excluding carboxylic acids is 1. The largest absolute Gasteiger partial charge is 0.298 e. The number of amides is 1. The molecule has 1 fully saturated rings. The second-order valence-corrected chi connectivity index (χ2v) is 10.9. The minimum atomic E-state index is -3.20. The number of rotatable bonds is 5. The number of para-hydroxylation sites is 1. The summed E-state index contributed by atoms with van der Waals surface area (Å²) < 4.78 is 28.3. The van der Waals surface area contributed by atoms with Crippen LogP contribution in [-0.2, 0) is 23.0 Å². The topological polar surface area (TPSA) is 97.2 Å². The Hall–Kier alpha value is -2.56. The van der Waals surface area contributed by atoms with Gasteiger partial charge in [0.2, 0.25) is 10.0 Å². The van der Waals surface area contributed by atoms with E-state index >= 15 is 0 Å². The molecule has 0 saturated heterocycles. The number of thiazole rings is 1. The molecule has 8 nitrogen and oxygen atoms in total. The van der Waals surface area contributed by atoms with Crippen molar-refractivity contribution in [2.75, 3.05) is 11.9 Å². The molecule has 2 aromatic heterocycles. The molecule has 1 aliphatic heterocycles. The highest BCUT2D eigenvalue weighted by atomic mass is 32.2. The van der Waals surface area contributed by atoms with Crippen molar-refractivity contribution in [3.63, 3.8) is 0 Å². The molecule has 1 saturated carbocycles. The van der Waals surface area contributed by atoms with Gasteiger partial charge in [-0.05, 0) is 31.9 Å². The van der Waals surface area contributed by atoms with Gasteiger partial charge in [0.1, 0.15) is 0 Å². The van der Waals surface area contributed by atoms with Crippen LogP contribution in [0.5, 0.6) is 0 Å². The fourth-order valence-electron chi connectivity index (χ4n) is 3.65. The normalized spacial score (nSPS) is 17.0. The van der Waals surface area contributed by atoms with Gasteiger partial charge in [-0.2, -0.15) is 9.40 Å². The molecule has 156 valence electrons. The van der Waals surface area contributed by atoms with Crippen LogP contribution in [-0.4, -0.2) is 45.2 Å². The van der Waals surface area contributed by atoms with Crippen molar-refractivity contribution in [2.45, 2.75) is 38.0 Å². The fraction of sp³-hybridized carbons (Fsp3) is 0.350. The average molecular weight is 444 g/mol. The SMILES string of the molecule is Cc1c(C(=O)Nc2nc3c(s2)CN(S(=O)(=O)C2CC2)CC3)cnn1-c1ccccc1. The Labute approximate surface area is 178 Å². The molecule has 30 heavy (non-hydrogen) atoms. The van der Waals surface area contributed by atoms with Crippen molar-refractivity contribution in [1.29, 1.82) is 0 Å². The third-order valence-electron chi connectivity index (χ3n) is 5.48. The number of fused-ring (bicyclic) bond motifs is 1. The molecule has 0 unspecified atom stereocenters. The van der Waals surface area contributed by atoms with Gasteiger partial charge in [-0.15, -0.1) is 11.3 Å². The number of hydrogen-bond donors (Lipinski definition) is 1. The zero-order valence-corrected chi connectivity index (χ0v) is 18.0. The molecular weight excluding hydrogens is 422 g/mol. The van der Waals surface area contributed by atoms with E-state index in [9.17, 15) is 13.2 Å². The van der Waals surface area contributed by atoms with E-state index in [1.165, 1.54) is 11.3 Å². The maximum atomic E-state index is 12.8. The van der Waals surface area contributed by atoms with Crippen molar-refractivity contribution >= 4 is 32.4 Å². The summed E-state index contributed by atoms with van der Waals surface area (Å²) in [4.78, 5) is 18.2. The molecule has 1 aromatic carbocycles. The molecule has 5 rings (SSSR count). The van der Waals surface area contributed by atoms with Crippen molar-refractivity contribution in [3.05, 3.63) is 58.4 Å². The summed E-state index contributed by atoms with van der Waals surface area (Å²) in [5, 5.41) is 7.47. The van der Waals surface area contributed by atoms with Crippen LogP contribution in [0.2, 0.25) is 0 Å². The number of anilines is 1. The number of nitrogens with zero attached hydrogens (tertiary/aromatic N) is 4. The lowest BCUT2D eigenvalue weighted by Gasteiger charge is -2.25. The van der Waals surface area contributed by atoms with E-state index in [0.29, 0.717) is 30.2 Å². The van der Waals surface area contributed by atoms with Crippen molar-refractivity contribution in [2.24, 2.45) is 0 Å². The molecule has 1 aliphatic carbocycles. The van der Waals surface area contributed by atoms with Gasteiger partial charge in [0.15, 0.2) is 5.13 Å². The third kappa shape index (κ3) is 3.44. The molecule has 10 heteroatoms. The number of nitrogens with one attached hydrogen (secondary N) is 1. The first kappa shape index (κ1) is 19.4. The van der Waals surface area contributed by atoms with Gasteiger partial charge in [0.25, 0.3) is 5.91 Å². The van der Waals surface area contributed by atoms with Gasteiger partial charge in [-0.25, -0.2) is 18.1 Å². The Morgan fingerprint density at radius 3 is 2.73 bits per heavy atom. The van der Waals surface area contributed by atoms with Crippen LogP contribution in [0.4, 0.5) is 5.13 Å². The number of aromatic nitrogens is 3. The highest BCUT2D eigenvalue weighted by Gasteiger charge is 2.41. The van der Waals surface area contributed by atoms with Crippen LogP contribution in [0.3, 0.4) is 0 Å². The quantitative estimate of drug-likeness (QED) is 0.654. The molecule has 2 aliphatic rings. The molecule has 0 spiro atoms. The fourth-order valence-corrected chi connectivity index (χ4v) is 6.55. The number of carbonyl (C=O) groups is 1. The molecular formula is C20H21N5O3S2. The van der Waals surface area contributed by atoms with E-state index in [1.54, 1.807) is 15.2 Å². The maximum absolute atomic E-state index is 12.8. The zero-order chi connectivity index (χ0) is 20.9. The van der Waals surface area contributed by atoms with E-state index in [1.807, 2.05) is 37.3 Å². The van der Waals surface area contributed by atoms with Crippen LogP contribution < -0.4 is 5.32 Å². The lowest BCUT2D eigenvalue weighted by molar-refractivity contribution is 0.102. The summed E-state index contributed by atoms with van der Waals surface area (Å²) in [5.74, 6) is -0.275. The summed E-state index contributed by atoms with van der Waals surface area (Å²) in [6.45, 7) is 2.64. The molecule has 3 aromatic rings. The van der Waals surface area contributed by atoms with Crippen molar-refractivity contribution in [1.82, 2.24) is 19.1 Å². The first-order chi connectivity index (χ1) is 14.4. The van der Waals surface area contributed by atoms with Crippen molar-refractivity contribution < 1.29 is 13.2 Å². The van der Waals surface area contributed by atoms with E-state index < -0.39 is 10.0 Å². The lowest BCUT2D eigenvalue weighted by Crippen LogP contribution is -2.37. The standard InChI is InChI=1S/C20H21N5O3S2/c1-13-16(11-21-25(13)14-5-3-2-4-6-14)19(26)23-20-22-17-9-10-24(12-18(17)29-20)30(27,28)15-7-8-15/h2-6,11,15H,7-10,12H2,1H3,(H,22,23,26). The lowest BCUT2D eigenvalue weighted by atomic mass is 10.2. The van der Waals surface area contributed by atoms with E-state index in [2.05, 4.69) is 15.4 Å². The van der Waals surface area contributed by atoms with Gasteiger partial charge in [0.05, 0.1) is 34.1 Å². The highest BCUT2D eigenvalue weighted by Crippen LogP contribution is 2.35. The molecule has 0 radical (unpaired) electrons. The smallest absolute Gasteiger partial charge is 0.260 e.